The third kappa shape index (κ3) is 4.26. The van der Waals surface area contributed by atoms with Crippen molar-refractivity contribution in [3.8, 4) is 0 Å². The van der Waals surface area contributed by atoms with Gasteiger partial charge in [-0.2, -0.15) is 0 Å². The first-order valence-electron chi connectivity index (χ1n) is 8.29. The van der Waals surface area contributed by atoms with Gasteiger partial charge in [0.05, 0.1) is 0 Å². The lowest BCUT2D eigenvalue weighted by Gasteiger charge is -2.36. The zero-order valence-corrected chi connectivity index (χ0v) is 13.2. The molecular weight excluding hydrogens is 268 g/mol. The molecule has 0 radical (unpaired) electrons. The molecule has 0 saturated heterocycles. The third-order valence-corrected chi connectivity index (χ3v) is 5.01. The van der Waals surface area contributed by atoms with Crippen molar-refractivity contribution >= 4 is 0 Å². The molecule has 2 rings (SSSR count). The molecule has 1 aliphatic rings. The molecular formula is C18H27F2N. The molecule has 0 amide bonds. The maximum atomic E-state index is 13.9. The highest BCUT2D eigenvalue weighted by atomic mass is 19.1. The van der Waals surface area contributed by atoms with Crippen LogP contribution in [0, 0.1) is 29.4 Å². The van der Waals surface area contributed by atoms with E-state index in [-0.39, 0.29) is 5.56 Å². The van der Waals surface area contributed by atoms with Crippen molar-refractivity contribution in [2.75, 3.05) is 13.1 Å². The Balaban J connectivity index is 2.11. The number of halogens is 2. The second-order valence-corrected chi connectivity index (χ2v) is 6.32. The smallest absolute Gasteiger partial charge is 0.129 e. The molecule has 1 nitrogen and oxygen atoms in total. The molecule has 0 bridgehead atoms. The van der Waals surface area contributed by atoms with Gasteiger partial charge in [0.1, 0.15) is 11.6 Å². The summed E-state index contributed by atoms with van der Waals surface area (Å²) in [6, 6.07) is 4.19. The Bertz CT molecular complexity index is 427. The number of rotatable bonds is 6. The van der Waals surface area contributed by atoms with Crippen LogP contribution in [0.15, 0.2) is 18.2 Å². The summed E-state index contributed by atoms with van der Waals surface area (Å²) in [7, 11) is 0. The highest BCUT2D eigenvalue weighted by Gasteiger charge is 2.30. The Kier molecular flexibility index (Phi) is 6.16. The fraction of sp³-hybridized carbons (Fsp3) is 0.667. The van der Waals surface area contributed by atoms with Gasteiger partial charge < -0.3 is 5.32 Å². The van der Waals surface area contributed by atoms with Gasteiger partial charge in [-0.3, -0.25) is 0 Å². The second kappa shape index (κ2) is 7.88. The van der Waals surface area contributed by atoms with Gasteiger partial charge in [0.15, 0.2) is 0 Å². The van der Waals surface area contributed by atoms with Gasteiger partial charge in [-0.1, -0.05) is 32.8 Å². The first-order valence-corrected chi connectivity index (χ1v) is 8.29. The number of hydrogen-bond donors (Lipinski definition) is 1. The molecule has 1 aromatic rings. The van der Waals surface area contributed by atoms with Gasteiger partial charge in [-0.05, 0) is 62.2 Å². The average Bonchev–Trinajstić information content (AvgIpc) is 2.49. The Labute approximate surface area is 127 Å². The fourth-order valence-electron chi connectivity index (χ4n) is 3.63. The van der Waals surface area contributed by atoms with Crippen LogP contribution in [0.4, 0.5) is 8.78 Å². The second-order valence-electron chi connectivity index (χ2n) is 6.32. The molecule has 118 valence electrons. The van der Waals surface area contributed by atoms with Gasteiger partial charge in [-0.15, -0.1) is 0 Å². The summed E-state index contributed by atoms with van der Waals surface area (Å²) in [6.07, 6.45) is 5.23. The van der Waals surface area contributed by atoms with Crippen molar-refractivity contribution in [1.82, 2.24) is 5.32 Å². The van der Waals surface area contributed by atoms with Crippen LogP contribution in [-0.2, 0) is 6.42 Å². The van der Waals surface area contributed by atoms with Crippen molar-refractivity contribution in [3.05, 3.63) is 35.4 Å². The van der Waals surface area contributed by atoms with E-state index in [4.69, 9.17) is 0 Å². The van der Waals surface area contributed by atoms with E-state index in [1.54, 1.807) is 0 Å². The number of benzene rings is 1. The lowest BCUT2D eigenvalue weighted by Crippen LogP contribution is -2.34. The summed E-state index contributed by atoms with van der Waals surface area (Å²) < 4.78 is 27.8. The molecule has 21 heavy (non-hydrogen) atoms. The van der Waals surface area contributed by atoms with Crippen molar-refractivity contribution in [1.29, 1.82) is 0 Å². The predicted octanol–water partition coefficient (Wildman–Crippen LogP) is 4.56. The van der Waals surface area contributed by atoms with Gasteiger partial charge in [0.2, 0.25) is 0 Å². The lowest BCUT2D eigenvalue weighted by molar-refractivity contribution is 0.170. The first-order chi connectivity index (χ1) is 10.2. The molecule has 1 aliphatic carbocycles. The van der Waals surface area contributed by atoms with Crippen LogP contribution >= 0.6 is 0 Å². The van der Waals surface area contributed by atoms with E-state index in [1.165, 1.54) is 37.5 Å². The van der Waals surface area contributed by atoms with E-state index in [2.05, 4.69) is 19.2 Å². The van der Waals surface area contributed by atoms with Crippen molar-refractivity contribution < 1.29 is 8.78 Å². The predicted molar refractivity (Wildman–Crippen MR) is 83.2 cm³/mol. The Morgan fingerprint density at radius 3 is 2.43 bits per heavy atom. The minimum Gasteiger partial charge on any atom is -0.317 e. The quantitative estimate of drug-likeness (QED) is 0.811. The number of nitrogens with one attached hydrogen (secondary N) is 1. The van der Waals surface area contributed by atoms with E-state index in [1.807, 2.05) is 0 Å². The molecule has 0 aliphatic heterocycles. The molecule has 1 saturated carbocycles. The van der Waals surface area contributed by atoms with E-state index in [9.17, 15) is 8.78 Å². The highest BCUT2D eigenvalue weighted by Crippen LogP contribution is 2.37. The molecule has 3 atom stereocenters. The van der Waals surface area contributed by atoms with Crippen LogP contribution in [-0.4, -0.2) is 13.1 Å². The lowest BCUT2D eigenvalue weighted by atomic mass is 9.71. The normalized spacial score (nSPS) is 26.0. The average molecular weight is 295 g/mol. The molecule has 0 heterocycles. The zero-order chi connectivity index (χ0) is 15.2. The van der Waals surface area contributed by atoms with Crippen LogP contribution < -0.4 is 5.32 Å². The molecule has 1 fully saturated rings. The number of hydrogen-bond acceptors (Lipinski definition) is 1. The van der Waals surface area contributed by atoms with Crippen LogP contribution in [0.3, 0.4) is 0 Å². The van der Waals surface area contributed by atoms with E-state index in [0.29, 0.717) is 24.2 Å². The van der Waals surface area contributed by atoms with E-state index < -0.39 is 11.6 Å². The van der Waals surface area contributed by atoms with E-state index in [0.717, 1.165) is 19.5 Å². The maximum Gasteiger partial charge on any atom is 0.129 e. The van der Waals surface area contributed by atoms with Crippen molar-refractivity contribution in [2.45, 2.75) is 46.0 Å². The fourth-order valence-corrected chi connectivity index (χ4v) is 3.63. The van der Waals surface area contributed by atoms with Gasteiger partial charge in [0.25, 0.3) is 0 Å². The van der Waals surface area contributed by atoms with Crippen molar-refractivity contribution in [3.63, 3.8) is 0 Å². The van der Waals surface area contributed by atoms with Gasteiger partial charge in [0, 0.05) is 5.56 Å². The molecule has 0 aromatic heterocycles. The van der Waals surface area contributed by atoms with Crippen LogP contribution in [0.2, 0.25) is 0 Å². The Morgan fingerprint density at radius 2 is 1.81 bits per heavy atom. The van der Waals surface area contributed by atoms with Crippen LogP contribution in [0.25, 0.3) is 0 Å². The maximum absolute atomic E-state index is 13.9. The van der Waals surface area contributed by atoms with Crippen LogP contribution in [0.5, 0.6) is 0 Å². The molecule has 0 spiro atoms. The Morgan fingerprint density at radius 1 is 1.10 bits per heavy atom. The monoisotopic (exact) mass is 295 g/mol. The SMILES string of the molecule is CCNCC1CCC(CC)CC1Cc1c(F)cccc1F. The van der Waals surface area contributed by atoms with Crippen LogP contribution in [0.1, 0.15) is 45.1 Å². The highest BCUT2D eigenvalue weighted by molar-refractivity contribution is 5.20. The summed E-state index contributed by atoms with van der Waals surface area (Å²) in [4.78, 5) is 0. The van der Waals surface area contributed by atoms with Crippen molar-refractivity contribution in [2.24, 2.45) is 17.8 Å². The summed E-state index contributed by atoms with van der Waals surface area (Å²) in [6.45, 7) is 6.24. The molecule has 3 unspecified atom stereocenters. The molecule has 3 heteroatoms. The topological polar surface area (TPSA) is 12.0 Å². The molecule has 1 aromatic carbocycles. The summed E-state index contributed by atoms with van der Waals surface area (Å²) in [5, 5.41) is 3.41. The van der Waals surface area contributed by atoms with Gasteiger partial charge in [-0.25, -0.2) is 8.78 Å². The van der Waals surface area contributed by atoms with Gasteiger partial charge >= 0.3 is 0 Å². The Hall–Kier alpha value is -0.960. The summed E-state index contributed by atoms with van der Waals surface area (Å²) >= 11 is 0. The summed E-state index contributed by atoms with van der Waals surface area (Å²) in [5.41, 5.74) is 0.278. The largest absolute Gasteiger partial charge is 0.317 e. The molecule has 1 N–H and O–H groups in total. The zero-order valence-electron chi connectivity index (χ0n) is 13.2. The third-order valence-electron chi connectivity index (χ3n) is 5.01. The standard InChI is InChI=1S/C18H27F2N/c1-3-13-8-9-14(12-21-4-2)15(10-13)11-16-17(19)6-5-7-18(16)20/h5-7,13-15,21H,3-4,8-12H2,1-2H3. The minimum absolute atomic E-state index is 0.278. The minimum atomic E-state index is -0.393. The first kappa shape index (κ1) is 16.4. The summed E-state index contributed by atoms with van der Waals surface area (Å²) in [5.74, 6) is 0.843. The van der Waals surface area contributed by atoms with E-state index >= 15 is 0 Å².